The van der Waals surface area contributed by atoms with Gasteiger partial charge in [-0.1, -0.05) is 114 Å². The van der Waals surface area contributed by atoms with Gasteiger partial charge in [-0.2, -0.15) is 0 Å². The summed E-state index contributed by atoms with van der Waals surface area (Å²) in [5, 5.41) is 0. The lowest BCUT2D eigenvalue weighted by molar-refractivity contribution is 0.126. The molecule has 0 radical (unpaired) electrons. The number of rotatable bonds is 12. The first kappa shape index (κ1) is 31.5. The molecule has 3 aromatic carbocycles. The minimum Gasteiger partial charge on any atom is -0.296 e. The molecule has 0 bridgehead atoms. The Morgan fingerprint density at radius 3 is 1.80 bits per heavy atom. The normalized spacial score (nSPS) is 16.1. The van der Waals surface area contributed by atoms with Gasteiger partial charge in [0.2, 0.25) is 10.0 Å². The molecule has 4 nitrogen and oxygen atoms in total. The van der Waals surface area contributed by atoms with Gasteiger partial charge in [0, 0.05) is 12.6 Å². The van der Waals surface area contributed by atoms with Crippen LogP contribution in [0.2, 0.25) is 0 Å². The molecular weight excluding hydrogens is 524 g/mol. The lowest BCUT2D eigenvalue weighted by atomic mass is 9.88. The zero-order chi connectivity index (χ0) is 29.6. The number of piperidine rings is 1. The Labute approximate surface area is 249 Å². The van der Waals surface area contributed by atoms with Crippen molar-refractivity contribution in [2.45, 2.75) is 95.9 Å². The fourth-order valence-electron chi connectivity index (χ4n) is 6.25. The first-order valence-electron chi connectivity index (χ1n) is 15.6. The monoisotopic (exact) mass is 574 g/mol. The van der Waals surface area contributed by atoms with Crippen LogP contribution < -0.4 is 4.72 Å². The topological polar surface area (TPSA) is 49.4 Å². The maximum Gasteiger partial charge on any atom is 0.241 e. The molecule has 1 N–H and O–H groups in total. The summed E-state index contributed by atoms with van der Waals surface area (Å²) < 4.78 is 30.9. The number of benzene rings is 3. The van der Waals surface area contributed by atoms with Crippen molar-refractivity contribution in [2.24, 2.45) is 5.92 Å². The number of likely N-dealkylation sites (tertiary alicyclic amines) is 1. The SMILES string of the molecule is CC(C)c1cc(C(C)C)c(S(=O)(=O)NCCC(c2ccccc2)N2CCC(Cc3ccccc3)CC2)c(C(C)C)c1. The molecule has 1 unspecified atom stereocenters. The van der Waals surface area contributed by atoms with Crippen LogP contribution >= 0.6 is 0 Å². The van der Waals surface area contributed by atoms with Crippen molar-refractivity contribution >= 4 is 10.0 Å². The molecule has 4 rings (SSSR count). The van der Waals surface area contributed by atoms with E-state index in [9.17, 15) is 8.42 Å². The lowest BCUT2D eigenvalue weighted by Gasteiger charge is -2.38. The Balaban J connectivity index is 1.50. The second-order valence-corrected chi connectivity index (χ2v) is 14.5. The molecule has 0 aliphatic carbocycles. The van der Waals surface area contributed by atoms with Crippen LogP contribution in [-0.4, -0.2) is 33.0 Å². The molecule has 0 amide bonds. The minimum absolute atomic E-state index is 0.118. The van der Waals surface area contributed by atoms with E-state index in [0.717, 1.165) is 37.1 Å². The van der Waals surface area contributed by atoms with Crippen molar-refractivity contribution in [3.8, 4) is 0 Å². The molecule has 0 aromatic heterocycles. The minimum atomic E-state index is -3.67. The van der Waals surface area contributed by atoms with Gasteiger partial charge in [0.25, 0.3) is 0 Å². The van der Waals surface area contributed by atoms with Gasteiger partial charge in [0.05, 0.1) is 4.90 Å². The van der Waals surface area contributed by atoms with Gasteiger partial charge in [-0.25, -0.2) is 13.1 Å². The van der Waals surface area contributed by atoms with Crippen molar-refractivity contribution in [3.05, 3.63) is 101 Å². The fraction of sp³-hybridized carbons (Fsp3) is 0.500. The van der Waals surface area contributed by atoms with Gasteiger partial charge in [-0.3, -0.25) is 4.90 Å². The summed E-state index contributed by atoms with van der Waals surface area (Å²) in [6.07, 6.45) is 4.21. The smallest absolute Gasteiger partial charge is 0.241 e. The van der Waals surface area contributed by atoms with E-state index in [2.05, 4.69) is 124 Å². The van der Waals surface area contributed by atoms with Crippen LogP contribution in [-0.2, 0) is 16.4 Å². The summed E-state index contributed by atoms with van der Waals surface area (Å²) in [5.74, 6) is 1.28. The summed E-state index contributed by atoms with van der Waals surface area (Å²) >= 11 is 0. The van der Waals surface area contributed by atoms with Crippen LogP contribution in [0.5, 0.6) is 0 Å². The van der Waals surface area contributed by atoms with Gasteiger partial charge < -0.3 is 0 Å². The predicted octanol–water partition coefficient (Wildman–Crippen LogP) is 8.42. The van der Waals surface area contributed by atoms with Crippen LogP contribution in [0.25, 0.3) is 0 Å². The summed E-state index contributed by atoms with van der Waals surface area (Å²) in [6, 6.07) is 25.8. The van der Waals surface area contributed by atoms with E-state index in [1.54, 1.807) is 0 Å². The van der Waals surface area contributed by atoms with Gasteiger partial charge in [-0.15, -0.1) is 0 Å². The zero-order valence-corrected chi connectivity index (χ0v) is 26.8. The number of sulfonamides is 1. The van der Waals surface area contributed by atoms with Crippen LogP contribution in [0, 0.1) is 5.92 Å². The zero-order valence-electron chi connectivity index (χ0n) is 25.9. The highest BCUT2D eigenvalue weighted by atomic mass is 32.2. The molecule has 0 saturated carbocycles. The quantitative estimate of drug-likeness (QED) is 0.236. The Morgan fingerprint density at radius 2 is 1.29 bits per heavy atom. The lowest BCUT2D eigenvalue weighted by Crippen LogP contribution is -2.39. The highest BCUT2D eigenvalue weighted by Crippen LogP contribution is 2.36. The Kier molecular flexibility index (Phi) is 10.8. The Morgan fingerprint density at radius 1 is 0.756 bits per heavy atom. The van der Waals surface area contributed by atoms with Crippen molar-refractivity contribution in [1.82, 2.24) is 9.62 Å². The number of hydrogen-bond donors (Lipinski definition) is 1. The van der Waals surface area contributed by atoms with E-state index < -0.39 is 10.0 Å². The van der Waals surface area contributed by atoms with Crippen LogP contribution in [0.1, 0.15) is 112 Å². The van der Waals surface area contributed by atoms with Crippen LogP contribution in [0.4, 0.5) is 0 Å². The molecule has 1 atom stereocenters. The molecule has 41 heavy (non-hydrogen) atoms. The second kappa shape index (κ2) is 14.1. The molecule has 1 heterocycles. The van der Waals surface area contributed by atoms with Crippen molar-refractivity contribution in [3.63, 3.8) is 0 Å². The fourth-order valence-corrected chi connectivity index (χ4v) is 7.99. The second-order valence-electron chi connectivity index (χ2n) is 12.8. The van der Waals surface area contributed by atoms with Crippen molar-refractivity contribution in [1.29, 1.82) is 0 Å². The Hall–Kier alpha value is -2.47. The molecule has 1 aliphatic heterocycles. The predicted molar refractivity (Wildman–Crippen MR) is 172 cm³/mol. The first-order chi connectivity index (χ1) is 19.6. The number of nitrogens with zero attached hydrogens (tertiary/aromatic N) is 1. The van der Waals surface area contributed by atoms with Gasteiger partial charge in [-0.05, 0) is 90.3 Å². The average Bonchev–Trinajstić information content (AvgIpc) is 2.96. The first-order valence-corrected chi connectivity index (χ1v) is 17.1. The standard InChI is InChI=1S/C36H50N2O2S/c1-26(2)32-24-33(27(3)4)36(34(25-32)28(5)6)41(39,40)37-20-17-35(31-15-11-8-12-16-31)38-21-18-30(19-22-38)23-29-13-9-7-10-14-29/h7-16,24-28,30,35,37H,17-23H2,1-6H3. The van der Waals surface area contributed by atoms with Crippen LogP contribution in [0.3, 0.4) is 0 Å². The van der Waals surface area contributed by atoms with E-state index in [1.165, 1.54) is 29.5 Å². The molecule has 1 fully saturated rings. The third kappa shape index (κ3) is 8.09. The highest BCUT2D eigenvalue weighted by Gasteiger charge is 2.29. The van der Waals surface area contributed by atoms with Crippen molar-refractivity contribution < 1.29 is 8.42 Å². The highest BCUT2D eigenvalue weighted by molar-refractivity contribution is 7.89. The molecule has 3 aromatic rings. The summed E-state index contributed by atoms with van der Waals surface area (Å²) in [5.41, 5.74) is 5.74. The average molecular weight is 575 g/mol. The van der Waals surface area contributed by atoms with Gasteiger partial charge in [0.15, 0.2) is 0 Å². The number of nitrogens with one attached hydrogen (secondary N) is 1. The molecule has 1 aliphatic rings. The summed E-state index contributed by atoms with van der Waals surface area (Å²) in [7, 11) is -3.67. The van der Waals surface area contributed by atoms with E-state index >= 15 is 0 Å². The third-order valence-electron chi connectivity index (χ3n) is 8.70. The van der Waals surface area contributed by atoms with Crippen molar-refractivity contribution in [2.75, 3.05) is 19.6 Å². The van der Waals surface area contributed by atoms with Gasteiger partial charge in [0.1, 0.15) is 0 Å². The van der Waals surface area contributed by atoms with E-state index in [0.29, 0.717) is 23.3 Å². The van der Waals surface area contributed by atoms with E-state index in [4.69, 9.17) is 0 Å². The summed E-state index contributed by atoms with van der Waals surface area (Å²) in [6.45, 7) is 15.2. The number of hydrogen-bond acceptors (Lipinski definition) is 3. The molecule has 0 spiro atoms. The molecule has 1 saturated heterocycles. The van der Waals surface area contributed by atoms with E-state index in [1.807, 2.05) is 0 Å². The molecule has 222 valence electrons. The molecule has 5 heteroatoms. The maximum absolute atomic E-state index is 14.0. The largest absolute Gasteiger partial charge is 0.296 e. The van der Waals surface area contributed by atoms with Crippen LogP contribution in [0.15, 0.2) is 77.7 Å². The maximum atomic E-state index is 14.0. The van der Waals surface area contributed by atoms with E-state index in [-0.39, 0.29) is 17.9 Å². The van der Waals surface area contributed by atoms with Gasteiger partial charge >= 0.3 is 0 Å². The molecular formula is C36H50N2O2S. The Bertz CT molecular complexity index is 1310. The summed E-state index contributed by atoms with van der Waals surface area (Å²) in [4.78, 5) is 3.06. The third-order valence-corrected chi connectivity index (χ3v) is 10.3.